The fraction of sp³-hybridized carbons (Fsp3) is 0.263. The van der Waals surface area contributed by atoms with Crippen molar-refractivity contribution in [3.8, 4) is 11.5 Å². The molecule has 1 heterocycles. The highest BCUT2D eigenvalue weighted by atomic mass is 32.2. The fourth-order valence-electron chi connectivity index (χ4n) is 2.79. The lowest BCUT2D eigenvalue weighted by atomic mass is 10.2. The maximum Gasteiger partial charge on any atom is 0.262 e. The van der Waals surface area contributed by atoms with E-state index < -0.39 is 21.0 Å². The maximum absolute atomic E-state index is 12.9. The number of benzene rings is 2. The van der Waals surface area contributed by atoms with Gasteiger partial charge in [0.25, 0.3) is 5.91 Å². The molecule has 148 valence electrons. The second kappa shape index (κ2) is 7.89. The monoisotopic (exact) mass is 404 g/mol. The van der Waals surface area contributed by atoms with Gasteiger partial charge in [-0.25, -0.2) is 8.42 Å². The van der Waals surface area contributed by atoms with E-state index in [0.717, 1.165) is 0 Å². The van der Waals surface area contributed by atoms with E-state index in [0.29, 0.717) is 22.9 Å². The van der Waals surface area contributed by atoms with Gasteiger partial charge < -0.3 is 20.1 Å². The molecule has 0 aliphatic carbocycles. The highest BCUT2D eigenvalue weighted by molar-refractivity contribution is 7.92. The Hall–Kier alpha value is -3.07. The lowest BCUT2D eigenvalue weighted by Gasteiger charge is -2.19. The molecule has 1 atom stereocenters. The minimum absolute atomic E-state index is 0.00893. The molecule has 2 N–H and O–H groups in total. The van der Waals surface area contributed by atoms with Crippen molar-refractivity contribution >= 4 is 33.0 Å². The van der Waals surface area contributed by atoms with Crippen molar-refractivity contribution in [2.75, 3.05) is 24.4 Å². The van der Waals surface area contributed by atoms with E-state index in [1.54, 1.807) is 24.3 Å². The number of methoxy groups -OCH3 is 1. The molecule has 0 bridgehead atoms. The van der Waals surface area contributed by atoms with Gasteiger partial charge in [-0.1, -0.05) is 12.1 Å². The molecule has 2 aromatic carbocycles. The van der Waals surface area contributed by atoms with Crippen LogP contribution >= 0.6 is 0 Å². The van der Waals surface area contributed by atoms with Gasteiger partial charge in [0.15, 0.2) is 16.4 Å². The smallest absolute Gasteiger partial charge is 0.262 e. The van der Waals surface area contributed by atoms with E-state index in [1.165, 1.54) is 32.2 Å². The molecule has 28 heavy (non-hydrogen) atoms. The fourth-order valence-corrected chi connectivity index (χ4v) is 4.17. The van der Waals surface area contributed by atoms with Gasteiger partial charge in [0.1, 0.15) is 11.5 Å². The van der Waals surface area contributed by atoms with Crippen LogP contribution < -0.4 is 20.1 Å². The average molecular weight is 404 g/mol. The van der Waals surface area contributed by atoms with Crippen molar-refractivity contribution in [3.63, 3.8) is 0 Å². The lowest BCUT2D eigenvalue weighted by molar-refractivity contribution is -0.118. The number of para-hydroxylation sites is 2. The summed E-state index contributed by atoms with van der Waals surface area (Å²) in [6, 6.07) is 11.1. The molecule has 0 saturated heterocycles. The molecule has 1 aliphatic rings. The second-order valence-electron chi connectivity index (χ2n) is 6.30. The van der Waals surface area contributed by atoms with Crippen molar-refractivity contribution in [1.82, 2.24) is 0 Å². The number of sulfone groups is 1. The number of nitrogens with one attached hydrogen (secondary N) is 2. The molecule has 8 nitrogen and oxygen atoms in total. The van der Waals surface area contributed by atoms with Crippen LogP contribution in [0.3, 0.4) is 0 Å². The van der Waals surface area contributed by atoms with E-state index in [1.807, 2.05) is 0 Å². The predicted octanol–water partition coefficient (Wildman–Crippen LogP) is 2.22. The van der Waals surface area contributed by atoms with Crippen molar-refractivity contribution in [3.05, 3.63) is 42.5 Å². The molecule has 0 spiro atoms. The van der Waals surface area contributed by atoms with Crippen molar-refractivity contribution < 1.29 is 27.5 Å². The van der Waals surface area contributed by atoms with E-state index >= 15 is 0 Å². The number of amides is 2. The van der Waals surface area contributed by atoms with Gasteiger partial charge >= 0.3 is 0 Å². The molecule has 9 heteroatoms. The number of fused-ring (bicyclic) bond motifs is 1. The minimum Gasteiger partial charge on any atom is -0.495 e. The SMILES string of the molecule is COc1ccccc1NC(=O)CC(C)S(=O)(=O)c1ccc2c(c1)NC(=O)CO2. The summed E-state index contributed by atoms with van der Waals surface area (Å²) in [6.45, 7) is 1.35. The minimum atomic E-state index is -3.79. The van der Waals surface area contributed by atoms with Gasteiger partial charge in [-0.15, -0.1) is 0 Å². The summed E-state index contributed by atoms with van der Waals surface area (Å²) < 4.78 is 36.1. The van der Waals surface area contributed by atoms with Crippen LogP contribution in [0.2, 0.25) is 0 Å². The highest BCUT2D eigenvalue weighted by Crippen LogP contribution is 2.32. The van der Waals surface area contributed by atoms with Crippen LogP contribution in [0.4, 0.5) is 11.4 Å². The van der Waals surface area contributed by atoms with Gasteiger partial charge in [-0.3, -0.25) is 9.59 Å². The molecule has 0 aromatic heterocycles. The Bertz CT molecular complexity index is 1020. The highest BCUT2D eigenvalue weighted by Gasteiger charge is 2.28. The quantitative estimate of drug-likeness (QED) is 0.764. The van der Waals surface area contributed by atoms with Gasteiger partial charge in [-0.05, 0) is 37.3 Å². The summed E-state index contributed by atoms with van der Waals surface area (Å²) in [5.74, 6) is 0.0818. The number of hydrogen-bond acceptors (Lipinski definition) is 6. The molecule has 1 aliphatic heterocycles. The Morgan fingerprint density at radius 3 is 2.79 bits per heavy atom. The van der Waals surface area contributed by atoms with Crippen molar-refractivity contribution in [2.45, 2.75) is 23.5 Å². The molecular weight excluding hydrogens is 384 g/mol. The number of carbonyl (C=O) groups is 2. The Morgan fingerprint density at radius 1 is 1.29 bits per heavy atom. The first kappa shape index (κ1) is 19.7. The van der Waals surface area contributed by atoms with Crippen LogP contribution in [0.1, 0.15) is 13.3 Å². The van der Waals surface area contributed by atoms with Crippen LogP contribution in [0.15, 0.2) is 47.4 Å². The molecule has 0 fully saturated rings. The zero-order valence-corrected chi connectivity index (χ0v) is 16.2. The first-order valence-electron chi connectivity index (χ1n) is 8.54. The average Bonchev–Trinajstić information content (AvgIpc) is 2.67. The Labute approximate surface area is 162 Å². The second-order valence-corrected chi connectivity index (χ2v) is 8.67. The van der Waals surface area contributed by atoms with Gasteiger partial charge in [0, 0.05) is 6.42 Å². The summed E-state index contributed by atoms with van der Waals surface area (Å²) in [4.78, 5) is 23.8. The third-order valence-electron chi connectivity index (χ3n) is 4.30. The van der Waals surface area contributed by atoms with Crippen molar-refractivity contribution in [1.29, 1.82) is 0 Å². The first-order chi connectivity index (χ1) is 13.3. The molecule has 3 rings (SSSR count). The Balaban J connectivity index is 1.74. The largest absolute Gasteiger partial charge is 0.495 e. The van der Waals surface area contributed by atoms with Crippen LogP contribution in [0, 0.1) is 0 Å². The number of rotatable bonds is 6. The van der Waals surface area contributed by atoms with Gasteiger partial charge in [0.05, 0.1) is 28.6 Å². The molecule has 1 unspecified atom stereocenters. The number of hydrogen-bond donors (Lipinski definition) is 2. The van der Waals surface area contributed by atoms with E-state index in [4.69, 9.17) is 9.47 Å². The van der Waals surface area contributed by atoms with E-state index in [2.05, 4.69) is 10.6 Å². The lowest BCUT2D eigenvalue weighted by Crippen LogP contribution is -2.27. The molecule has 2 aromatic rings. The van der Waals surface area contributed by atoms with E-state index in [9.17, 15) is 18.0 Å². The summed E-state index contributed by atoms with van der Waals surface area (Å²) in [5, 5.41) is 4.27. The zero-order chi connectivity index (χ0) is 20.3. The third-order valence-corrected chi connectivity index (χ3v) is 6.43. The summed E-state index contributed by atoms with van der Waals surface area (Å²) in [6.07, 6.45) is -0.236. The predicted molar refractivity (Wildman–Crippen MR) is 103 cm³/mol. The van der Waals surface area contributed by atoms with Crippen LogP contribution in [0.25, 0.3) is 0 Å². The summed E-state index contributed by atoms with van der Waals surface area (Å²) in [5.41, 5.74) is 0.760. The van der Waals surface area contributed by atoms with Crippen LogP contribution in [0.5, 0.6) is 11.5 Å². The summed E-state index contributed by atoms with van der Waals surface area (Å²) >= 11 is 0. The van der Waals surface area contributed by atoms with Crippen molar-refractivity contribution in [2.24, 2.45) is 0 Å². The zero-order valence-electron chi connectivity index (χ0n) is 15.4. The Kier molecular flexibility index (Phi) is 5.55. The molecular formula is C19H20N2O6S. The normalized spacial score (nSPS) is 14.3. The number of carbonyl (C=O) groups excluding carboxylic acids is 2. The number of ether oxygens (including phenoxy) is 2. The van der Waals surface area contributed by atoms with Crippen LogP contribution in [-0.4, -0.2) is 39.2 Å². The van der Waals surface area contributed by atoms with Crippen LogP contribution in [-0.2, 0) is 19.4 Å². The standard InChI is InChI=1S/C19H20N2O6S/c1-12(9-18(22)20-14-5-3-4-6-16(14)26-2)28(24,25)13-7-8-17-15(10-13)21-19(23)11-27-17/h3-8,10,12H,9,11H2,1-2H3,(H,20,22)(H,21,23). The number of anilines is 2. The summed E-state index contributed by atoms with van der Waals surface area (Å²) in [7, 11) is -2.31. The first-order valence-corrected chi connectivity index (χ1v) is 10.1. The molecule has 0 radical (unpaired) electrons. The van der Waals surface area contributed by atoms with Gasteiger partial charge in [0.2, 0.25) is 5.91 Å². The molecule has 0 saturated carbocycles. The topological polar surface area (TPSA) is 111 Å². The molecule has 2 amide bonds. The third kappa shape index (κ3) is 4.09. The van der Waals surface area contributed by atoms with Gasteiger partial charge in [-0.2, -0.15) is 0 Å². The Morgan fingerprint density at radius 2 is 2.04 bits per heavy atom. The van der Waals surface area contributed by atoms with E-state index in [-0.39, 0.29) is 23.8 Å². The maximum atomic E-state index is 12.9.